The smallest absolute Gasteiger partial charge is 0.407 e. The molecule has 0 spiro atoms. The predicted molar refractivity (Wildman–Crippen MR) is 90.0 cm³/mol. The van der Waals surface area contributed by atoms with Gasteiger partial charge in [-0.2, -0.15) is 0 Å². The average Bonchev–Trinajstić information content (AvgIpc) is 2.36. The van der Waals surface area contributed by atoms with E-state index in [0.29, 0.717) is 15.2 Å². The van der Waals surface area contributed by atoms with Gasteiger partial charge in [-0.05, 0) is 54.9 Å². The fraction of sp³-hybridized carbons (Fsp3) is 0.429. The summed E-state index contributed by atoms with van der Waals surface area (Å²) in [5, 5.41) is 5.98. The third kappa shape index (κ3) is 6.53. The summed E-state index contributed by atoms with van der Waals surface area (Å²) in [5.41, 5.74) is 5.37. The van der Waals surface area contributed by atoms with Gasteiger partial charge in [-0.1, -0.05) is 11.6 Å². The standard InChI is InChI=1S/C14H19BrClN3O3/c1-14(2,3)22-13(21)18-7-11(12(17)20)19-8-4-5-10(16)9(15)6-8/h4-6,11,19H,7H2,1-3H3,(H2,17,20)(H,18,21). The highest BCUT2D eigenvalue weighted by atomic mass is 79.9. The SMILES string of the molecule is CC(C)(C)OC(=O)NCC(Nc1ccc(Cl)c(Br)c1)C(N)=O. The molecule has 0 saturated heterocycles. The molecule has 0 radical (unpaired) electrons. The zero-order valence-corrected chi connectivity index (χ0v) is 14.9. The lowest BCUT2D eigenvalue weighted by Gasteiger charge is -2.22. The molecule has 1 unspecified atom stereocenters. The van der Waals surface area contributed by atoms with Gasteiger partial charge in [0.15, 0.2) is 0 Å². The number of alkyl carbamates (subject to hydrolysis) is 1. The van der Waals surface area contributed by atoms with E-state index in [4.69, 9.17) is 22.1 Å². The van der Waals surface area contributed by atoms with E-state index in [0.717, 1.165) is 0 Å². The van der Waals surface area contributed by atoms with E-state index in [9.17, 15) is 9.59 Å². The fourth-order valence-electron chi connectivity index (χ4n) is 1.51. The van der Waals surface area contributed by atoms with E-state index in [1.165, 1.54) is 0 Å². The van der Waals surface area contributed by atoms with Crippen molar-refractivity contribution in [2.24, 2.45) is 5.73 Å². The van der Waals surface area contributed by atoms with Crippen LogP contribution >= 0.6 is 27.5 Å². The number of hydrogen-bond donors (Lipinski definition) is 3. The third-order valence-electron chi connectivity index (χ3n) is 2.45. The quantitative estimate of drug-likeness (QED) is 0.718. The maximum atomic E-state index is 11.6. The number of halogens is 2. The van der Waals surface area contributed by atoms with E-state index in [1.807, 2.05) is 0 Å². The molecule has 6 nitrogen and oxygen atoms in total. The molecule has 1 aromatic carbocycles. The highest BCUT2D eigenvalue weighted by Gasteiger charge is 2.20. The molecule has 1 atom stereocenters. The molecule has 1 rings (SSSR count). The highest BCUT2D eigenvalue weighted by molar-refractivity contribution is 9.10. The molecule has 0 aliphatic rings. The lowest BCUT2D eigenvalue weighted by Crippen LogP contribution is -2.46. The molecule has 1 aromatic rings. The zero-order valence-electron chi connectivity index (χ0n) is 12.6. The maximum Gasteiger partial charge on any atom is 0.407 e. The summed E-state index contributed by atoms with van der Waals surface area (Å²) in [6, 6.07) is 4.32. The summed E-state index contributed by atoms with van der Waals surface area (Å²) < 4.78 is 5.78. The Bertz CT molecular complexity index is 561. The van der Waals surface area contributed by atoms with Crippen LogP contribution < -0.4 is 16.4 Å². The van der Waals surface area contributed by atoms with Gasteiger partial charge in [0, 0.05) is 10.2 Å². The summed E-state index contributed by atoms with van der Waals surface area (Å²) in [6.45, 7) is 5.26. The van der Waals surface area contributed by atoms with E-state index in [1.54, 1.807) is 39.0 Å². The molecule has 0 bridgehead atoms. The van der Waals surface area contributed by atoms with Gasteiger partial charge >= 0.3 is 6.09 Å². The van der Waals surface area contributed by atoms with Gasteiger partial charge in [0.1, 0.15) is 11.6 Å². The Morgan fingerprint density at radius 1 is 1.41 bits per heavy atom. The molecular weight excluding hydrogens is 374 g/mol. The van der Waals surface area contributed by atoms with Crippen LogP contribution in [0, 0.1) is 0 Å². The van der Waals surface area contributed by atoms with Crippen LogP contribution in [0.5, 0.6) is 0 Å². The van der Waals surface area contributed by atoms with Gasteiger partial charge in [0.2, 0.25) is 5.91 Å². The lowest BCUT2D eigenvalue weighted by atomic mass is 10.2. The minimum absolute atomic E-state index is 0.00446. The van der Waals surface area contributed by atoms with Crippen molar-refractivity contribution in [2.45, 2.75) is 32.4 Å². The molecule has 0 saturated carbocycles. The lowest BCUT2D eigenvalue weighted by molar-refractivity contribution is -0.118. The second-order valence-corrected chi connectivity index (χ2v) is 6.87. The number of hydrogen-bond acceptors (Lipinski definition) is 4. The second kappa shape index (κ2) is 7.69. The highest BCUT2D eigenvalue weighted by Crippen LogP contribution is 2.25. The van der Waals surface area contributed by atoms with Crippen LogP contribution in [-0.2, 0) is 9.53 Å². The minimum Gasteiger partial charge on any atom is -0.444 e. The number of carbonyl (C=O) groups is 2. The van der Waals surface area contributed by atoms with Crippen LogP contribution in [0.2, 0.25) is 5.02 Å². The summed E-state index contributed by atoms with van der Waals surface area (Å²) in [6.07, 6.45) is -0.613. The van der Waals surface area contributed by atoms with Gasteiger partial charge < -0.3 is 21.1 Å². The number of carbonyl (C=O) groups excluding carboxylic acids is 2. The van der Waals surface area contributed by atoms with Crippen molar-refractivity contribution in [3.63, 3.8) is 0 Å². The minimum atomic E-state index is -0.777. The monoisotopic (exact) mass is 391 g/mol. The van der Waals surface area contributed by atoms with E-state index in [2.05, 4.69) is 26.6 Å². The van der Waals surface area contributed by atoms with Crippen LogP contribution in [0.25, 0.3) is 0 Å². The van der Waals surface area contributed by atoms with Gasteiger partial charge in [-0.25, -0.2) is 4.79 Å². The van der Waals surface area contributed by atoms with E-state index >= 15 is 0 Å². The van der Waals surface area contributed by atoms with Gasteiger partial charge in [-0.3, -0.25) is 4.79 Å². The van der Waals surface area contributed by atoms with Crippen LogP contribution in [0.1, 0.15) is 20.8 Å². The predicted octanol–water partition coefficient (Wildman–Crippen LogP) is 2.89. The summed E-state index contributed by atoms with van der Waals surface area (Å²) in [5.74, 6) is -0.595. The number of benzene rings is 1. The molecule has 8 heteroatoms. The number of primary amides is 1. The summed E-state index contributed by atoms with van der Waals surface area (Å²) >= 11 is 9.19. The Balaban J connectivity index is 2.64. The third-order valence-corrected chi connectivity index (χ3v) is 3.67. The van der Waals surface area contributed by atoms with Crippen molar-refractivity contribution in [1.82, 2.24) is 5.32 Å². The molecular formula is C14H19BrClN3O3. The van der Waals surface area contributed by atoms with Crippen molar-refractivity contribution in [2.75, 3.05) is 11.9 Å². The zero-order chi connectivity index (χ0) is 16.9. The first-order chi connectivity index (χ1) is 10.1. The van der Waals surface area contributed by atoms with E-state index in [-0.39, 0.29) is 6.54 Å². The van der Waals surface area contributed by atoms with Crippen LogP contribution in [-0.4, -0.2) is 30.2 Å². The van der Waals surface area contributed by atoms with Gasteiger partial charge in [0.25, 0.3) is 0 Å². The van der Waals surface area contributed by atoms with Crippen molar-refractivity contribution >= 4 is 45.2 Å². The molecule has 0 heterocycles. The number of anilines is 1. The average molecular weight is 393 g/mol. The van der Waals surface area contributed by atoms with Gasteiger partial charge in [0.05, 0.1) is 11.6 Å². The van der Waals surface area contributed by atoms with Crippen molar-refractivity contribution in [3.8, 4) is 0 Å². The summed E-state index contributed by atoms with van der Waals surface area (Å²) in [7, 11) is 0. The number of ether oxygens (including phenoxy) is 1. The Labute approximate surface area is 142 Å². The molecule has 0 aromatic heterocycles. The maximum absolute atomic E-state index is 11.6. The number of nitrogens with one attached hydrogen (secondary N) is 2. The number of amides is 2. The van der Waals surface area contributed by atoms with Crippen molar-refractivity contribution in [1.29, 1.82) is 0 Å². The van der Waals surface area contributed by atoms with Crippen LogP contribution in [0.15, 0.2) is 22.7 Å². The first kappa shape index (κ1) is 18.6. The molecule has 0 aliphatic heterocycles. The van der Waals surface area contributed by atoms with E-state index < -0.39 is 23.6 Å². The molecule has 4 N–H and O–H groups in total. The van der Waals surface area contributed by atoms with Crippen molar-refractivity contribution in [3.05, 3.63) is 27.7 Å². The van der Waals surface area contributed by atoms with Crippen molar-refractivity contribution < 1.29 is 14.3 Å². The number of nitrogens with two attached hydrogens (primary N) is 1. The first-order valence-electron chi connectivity index (χ1n) is 6.56. The number of rotatable bonds is 5. The van der Waals surface area contributed by atoms with Crippen LogP contribution in [0.3, 0.4) is 0 Å². The molecule has 0 fully saturated rings. The molecule has 22 heavy (non-hydrogen) atoms. The first-order valence-corrected chi connectivity index (χ1v) is 7.73. The Morgan fingerprint density at radius 2 is 2.05 bits per heavy atom. The normalized spacial score (nSPS) is 12.4. The fourth-order valence-corrected chi connectivity index (χ4v) is 2.01. The van der Waals surface area contributed by atoms with Gasteiger partial charge in [-0.15, -0.1) is 0 Å². The Kier molecular flexibility index (Phi) is 6.49. The molecule has 2 amide bonds. The van der Waals surface area contributed by atoms with Crippen LogP contribution in [0.4, 0.5) is 10.5 Å². The molecule has 122 valence electrons. The molecule has 0 aliphatic carbocycles. The second-order valence-electron chi connectivity index (χ2n) is 5.61. The topological polar surface area (TPSA) is 93.4 Å². The Hall–Kier alpha value is -1.47. The largest absolute Gasteiger partial charge is 0.444 e. The Morgan fingerprint density at radius 3 is 2.55 bits per heavy atom. The summed E-state index contributed by atoms with van der Waals surface area (Å²) in [4.78, 5) is 23.1.